The molecule has 0 saturated carbocycles. The highest BCUT2D eigenvalue weighted by molar-refractivity contribution is 7.91. The molecule has 0 unspecified atom stereocenters. The lowest BCUT2D eigenvalue weighted by atomic mass is 10.3. The first-order chi connectivity index (χ1) is 9.05. The molecule has 0 N–H and O–H groups in total. The van der Waals surface area contributed by atoms with Crippen molar-refractivity contribution in [1.29, 1.82) is 0 Å². The smallest absolute Gasteiger partial charge is 0.207 e. The molecule has 19 heavy (non-hydrogen) atoms. The Hall–Kier alpha value is -2.01. The molecule has 2 aromatic rings. The van der Waals surface area contributed by atoms with Crippen molar-refractivity contribution in [2.24, 2.45) is 5.11 Å². The van der Waals surface area contributed by atoms with Gasteiger partial charge in [-0.25, -0.2) is 8.42 Å². The molecule has 0 spiro atoms. The number of hydrogen-bond donors (Lipinski definition) is 0. The number of nitrogens with zero attached hydrogens (tertiary/aromatic N) is 3. The molecule has 2 aromatic carbocycles. The minimum absolute atomic E-state index is 0.0323. The Balaban J connectivity index is 2.63. The van der Waals surface area contributed by atoms with Crippen LogP contribution in [0.3, 0.4) is 0 Å². The maximum Gasteiger partial charge on any atom is 0.207 e. The van der Waals surface area contributed by atoms with Crippen LogP contribution in [0.15, 0.2) is 63.4 Å². The Morgan fingerprint density at radius 1 is 1.05 bits per heavy atom. The topological polar surface area (TPSA) is 82.9 Å². The second-order valence-electron chi connectivity index (χ2n) is 3.61. The van der Waals surface area contributed by atoms with Crippen molar-refractivity contribution in [3.8, 4) is 0 Å². The molecule has 0 bridgehead atoms. The normalized spacial score (nSPS) is 10.8. The molecule has 0 amide bonds. The van der Waals surface area contributed by atoms with Crippen molar-refractivity contribution in [1.82, 2.24) is 0 Å². The van der Waals surface area contributed by atoms with Crippen LogP contribution in [0.5, 0.6) is 0 Å². The Labute approximate surface area is 115 Å². The SMILES string of the molecule is [N-]=[N+]=Nc1ccccc1S(=O)(=O)c1ccc(Cl)cc1. The zero-order chi connectivity index (χ0) is 13.9. The molecule has 0 aliphatic carbocycles. The number of rotatable bonds is 3. The monoisotopic (exact) mass is 293 g/mol. The van der Waals surface area contributed by atoms with E-state index in [-0.39, 0.29) is 15.5 Å². The molecule has 5 nitrogen and oxygen atoms in total. The number of halogens is 1. The van der Waals surface area contributed by atoms with Gasteiger partial charge in [-0.05, 0) is 35.9 Å². The lowest BCUT2D eigenvalue weighted by molar-refractivity contribution is 0.596. The molecule has 0 saturated heterocycles. The van der Waals surface area contributed by atoms with Crippen LogP contribution < -0.4 is 0 Å². The summed E-state index contributed by atoms with van der Waals surface area (Å²) in [7, 11) is -3.73. The van der Waals surface area contributed by atoms with Crippen LogP contribution in [-0.2, 0) is 9.84 Å². The molecule has 0 radical (unpaired) electrons. The van der Waals surface area contributed by atoms with E-state index in [2.05, 4.69) is 10.0 Å². The summed E-state index contributed by atoms with van der Waals surface area (Å²) in [5, 5.41) is 3.84. The molecule has 0 aliphatic heterocycles. The highest BCUT2D eigenvalue weighted by Crippen LogP contribution is 2.30. The molecule has 0 aliphatic rings. The maximum absolute atomic E-state index is 12.4. The summed E-state index contributed by atoms with van der Waals surface area (Å²) < 4.78 is 24.8. The highest BCUT2D eigenvalue weighted by Gasteiger charge is 2.20. The number of benzene rings is 2. The van der Waals surface area contributed by atoms with E-state index < -0.39 is 9.84 Å². The summed E-state index contributed by atoms with van der Waals surface area (Å²) in [5.41, 5.74) is 8.53. The van der Waals surface area contributed by atoms with Gasteiger partial charge in [0.25, 0.3) is 0 Å². The van der Waals surface area contributed by atoms with Crippen molar-refractivity contribution in [2.45, 2.75) is 9.79 Å². The van der Waals surface area contributed by atoms with E-state index in [1.165, 1.54) is 36.4 Å². The molecule has 2 rings (SSSR count). The number of azide groups is 1. The predicted octanol–water partition coefficient (Wildman–Crippen LogP) is 4.11. The van der Waals surface area contributed by atoms with Crippen LogP contribution in [0.4, 0.5) is 5.69 Å². The molecule has 7 heteroatoms. The van der Waals surface area contributed by atoms with Crippen molar-refractivity contribution in [3.63, 3.8) is 0 Å². The van der Waals surface area contributed by atoms with E-state index in [9.17, 15) is 8.42 Å². The molecule has 0 aromatic heterocycles. The molecule has 0 fully saturated rings. The third kappa shape index (κ3) is 2.71. The van der Waals surface area contributed by atoms with Gasteiger partial charge in [-0.1, -0.05) is 34.9 Å². The quantitative estimate of drug-likeness (QED) is 0.484. The largest absolute Gasteiger partial charge is 0.219 e. The summed E-state index contributed by atoms with van der Waals surface area (Å²) in [6, 6.07) is 11.8. The van der Waals surface area contributed by atoms with E-state index in [1.54, 1.807) is 12.1 Å². The summed E-state index contributed by atoms with van der Waals surface area (Å²) in [5.74, 6) is 0. The molecule has 0 atom stereocenters. The van der Waals surface area contributed by atoms with Crippen LogP contribution >= 0.6 is 11.6 Å². The van der Waals surface area contributed by atoms with Gasteiger partial charge in [-0.15, -0.1) is 0 Å². The van der Waals surface area contributed by atoms with Crippen molar-refractivity contribution in [2.75, 3.05) is 0 Å². The van der Waals surface area contributed by atoms with Gasteiger partial charge < -0.3 is 0 Å². The van der Waals surface area contributed by atoms with E-state index in [0.717, 1.165) is 0 Å². The maximum atomic E-state index is 12.4. The van der Waals surface area contributed by atoms with E-state index in [1.807, 2.05) is 0 Å². The fourth-order valence-electron chi connectivity index (χ4n) is 1.56. The van der Waals surface area contributed by atoms with Crippen LogP contribution in [0.25, 0.3) is 10.4 Å². The van der Waals surface area contributed by atoms with Crippen molar-refractivity contribution >= 4 is 27.1 Å². The van der Waals surface area contributed by atoms with Gasteiger partial charge in [0.1, 0.15) is 0 Å². The van der Waals surface area contributed by atoms with Crippen LogP contribution in [0.2, 0.25) is 5.02 Å². The lowest BCUT2D eigenvalue weighted by Gasteiger charge is -2.07. The van der Waals surface area contributed by atoms with Gasteiger partial charge in [0.05, 0.1) is 15.5 Å². The predicted molar refractivity (Wildman–Crippen MR) is 72.2 cm³/mol. The van der Waals surface area contributed by atoms with Gasteiger partial charge in [-0.2, -0.15) is 0 Å². The van der Waals surface area contributed by atoms with Gasteiger partial charge >= 0.3 is 0 Å². The summed E-state index contributed by atoms with van der Waals surface area (Å²) in [6.45, 7) is 0. The fraction of sp³-hybridized carbons (Fsp3) is 0. The van der Waals surface area contributed by atoms with E-state index >= 15 is 0 Å². The van der Waals surface area contributed by atoms with Crippen molar-refractivity contribution < 1.29 is 8.42 Å². The first-order valence-corrected chi connectivity index (χ1v) is 7.06. The van der Waals surface area contributed by atoms with Crippen molar-refractivity contribution in [3.05, 3.63) is 64.0 Å². The van der Waals surface area contributed by atoms with Gasteiger partial charge in [0, 0.05) is 9.93 Å². The first kappa shape index (κ1) is 13.4. The average molecular weight is 294 g/mol. The van der Waals surface area contributed by atoms with Gasteiger partial charge in [0.15, 0.2) is 0 Å². The summed E-state index contributed by atoms with van der Waals surface area (Å²) >= 11 is 5.73. The summed E-state index contributed by atoms with van der Waals surface area (Å²) in [4.78, 5) is 2.69. The Bertz CT molecular complexity index is 751. The lowest BCUT2D eigenvalue weighted by Crippen LogP contribution is -2.01. The van der Waals surface area contributed by atoms with Gasteiger partial charge in [0.2, 0.25) is 9.84 Å². The summed E-state index contributed by atoms with van der Waals surface area (Å²) in [6.07, 6.45) is 0. The Morgan fingerprint density at radius 2 is 1.68 bits per heavy atom. The minimum atomic E-state index is -3.73. The third-order valence-electron chi connectivity index (χ3n) is 2.43. The zero-order valence-electron chi connectivity index (χ0n) is 9.56. The Kier molecular flexibility index (Phi) is 3.76. The van der Waals surface area contributed by atoms with Crippen LogP contribution in [-0.4, -0.2) is 8.42 Å². The average Bonchev–Trinajstić information content (AvgIpc) is 2.40. The molecule has 96 valence electrons. The Morgan fingerprint density at radius 3 is 2.32 bits per heavy atom. The van der Waals surface area contributed by atoms with Crippen LogP contribution in [0.1, 0.15) is 0 Å². The number of hydrogen-bond acceptors (Lipinski definition) is 3. The fourth-order valence-corrected chi connectivity index (χ4v) is 3.07. The van der Waals surface area contributed by atoms with E-state index in [0.29, 0.717) is 5.02 Å². The minimum Gasteiger partial charge on any atom is -0.219 e. The zero-order valence-corrected chi connectivity index (χ0v) is 11.1. The van der Waals surface area contributed by atoms with E-state index in [4.69, 9.17) is 17.1 Å². The molecule has 0 heterocycles. The third-order valence-corrected chi connectivity index (χ3v) is 4.50. The van der Waals surface area contributed by atoms with Gasteiger partial charge in [-0.3, -0.25) is 0 Å². The molecular weight excluding hydrogens is 286 g/mol. The second kappa shape index (κ2) is 5.32. The standard InChI is InChI=1S/C12H8ClN3O2S/c13-9-5-7-10(8-6-9)19(17,18)12-4-2-1-3-11(12)15-16-14/h1-8H. The number of sulfone groups is 1. The molecular formula is C12H8ClN3O2S. The first-order valence-electron chi connectivity index (χ1n) is 5.20. The second-order valence-corrected chi connectivity index (χ2v) is 5.97. The van der Waals surface area contributed by atoms with Crippen LogP contribution in [0, 0.1) is 0 Å². The highest BCUT2D eigenvalue weighted by atomic mass is 35.5.